The normalized spacial score (nSPS) is 18.2. The number of unbranched alkanes of at least 4 members (excludes halogenated alkanes) is 3. The molecule has 0 radical (unpaired) electrons. The Balaban J connectivity index is 0.00000361. The van der Waals surface area contributed by atoms with E-state index in [1.54, 1.807) is 0 Å². The number of hydrogen-bond donors (Lipinski definition) is 0. The molecule has 0 amide bonds. The van der Waals surface area contributed by atoms with Crippen molar-refractivity contribution in [1.29, 1.82) is 0 Å². The number of benzene rings is 2. The Labute approximate surface area is 226 Å². The van der Waals surface area contributed by atoms with Crippen LogP contribution in [0.2, 0.25) is 0 Å². The molecule has 2 aromatic carbocycles. The van der Waals surface area contributed by atoms with Crippen LogP contribution < -0.4 is 21.9 Å². The van der Waals surface area contributed by atoms with Crippen molar-refractivity contribution < 1.29 is 21.6 Å². The minimum Gasteiger partial charge on any atom is -1.00 e. The van der Waals surface area contributed by atoms with Gasteiger partial charge in [-0.2, -0.15) is 4.58 Å². The van der Waals surface area contributed by atoms with Crippen molar-refractivity contribution in [3.63, 3.8) is 0 Å². The molecule has 4 rings (SSSR count). The Morgan fingerprint density at radius 3 is 2.31 bits per heavy atom. The van der Waals surface area contributed by atoms with Crippen LogP contribution in [0.4, 0.5) is 11.4 Å². The Morgan fingerprint density at radius 1 is 0.917 bits per heavy atom. The lowest BCUT2D eigenvalue weighted by molar-refractivity contribution is -0.401. The molecule has 0 aromatic heterocycles. The van der Waals surface area contributed by atoms with Gasteiger partial charge in [-0.1, -0.05) is 74.3 Å². The van der Waals surface area contributed by atoms with Gasteiger partial charge in [-0.25, -0.2) is 0 Å². The molecule has 2 aliphatic heterocycles. The van der Waals surface area contributed by atoms with Crippen molar-refractivity contribution in [3.05, 3.63) is 94.0 Å². The first-order chi connectivity index (χ1) is 16.8. The molecule has 0 saturated heterocycles. The van der Waals surface area contributed by atoms with Crippen LogP contribution in [0.1, 0.15) is 64.5 Å². The maximum absolute atomic E-state index is 8.45. The number of anilines is 1. The van der Waals surface area contributed by atoms with Crippen LogP contribution in [0.15, 0.2) is 77.6 Å². The predicted molar refractivity (Wildman–Crippen MR) is 147 cm³/mol. The smallest absolute Gasteiger partial charge is 0.209 e. The Hall–Kier alpha value is -2.82. The first kappa shape index (κ1) is 27.8. The summed E-state index contributed by atoms with van der Waals surface area (Å²) in [6.45, 7) is 10.9. The fourth-order valence-electron chi connectivity index (χ4n) is 5.76. The van der Waals surface area contributed by atoms with Crippen LogP contribution in [0.3, 0.4) is 0 Å². The Bertz CT molecular complexity index is 1230. The lowest BCUT2D eigenvalue weighted by Gasteiger charge is -2.27. The van der Waals surface area contributed by atoms with Crippen molar-refractivity contribution in [2.24, 2.45) is 5.11 Å². The van der Waals surface area contributed by atoms with E-state index in [1.807, 2.05) is 0 Å². The first-order valence-electron chi connectivity index (χ1n) is 12.8. The van der Waals surface area contributed by atoms with Crippen molar-refractivity contribution in [2.75, 3.05) is 25.0 Å². The summed E-state index contributed by atoms with van der Waals surface area (Å²) in [6.07, 6.45) is 11.2. The minimum atomic E-state index is -0.0484. The monoisotopic (exact) mass is 547 g/mol. The van der Waals surface area contributed by atoms with E-state index in [9.17, 15) is 0 Å². The number of hydrogen-bond acceptors (Lipinski definition) is 2. The lowest BCUT2D eigenvalue weighted by atomic mass is 9.81. The molecule has 0 N–H and O–H groups in total. The van der Waals surface area contributed by atoms with Gasteiger partial charge in [0.1, 0.15) is 7.05 Å². The maximum atomic E-state index is 8.45. The Kier molecular flexibility index (Phi) is 8.86. The largest absolute Gasteiger partial charge is 1.00 e. The van der Waals surface area contributed by atoms with Crippen LogP contribution in [-0.4, -0.2) is 30.4 Å². The van der Waals surface area contributed by atoms with E-state index in [-0.39, 0.29) is 27.8 Å². The van der Waals surface area contributed by atoms with Gasteiger partial charge >= 0.3 is 0 Å². The van der Waals surface area contributed by atoms with E-state index in [2.05, 4.69) is 121 Å². The minimum absolute atomic E-state index is 0. The van der Waals surface area contributed by atoms with Gasteiger partial charge < -0.3 is 21.9 Å². The van der Waals surface area contributed by atoms with Gasteiger partial charge in [0.2, 0.25) is 5.69 Å². The molecule has 5 nitrogen and oxygen atoms in total. The third kappa shape index (κ3) is 5.16. The molecule has 6 heteroatoms. The highest BCUT2D eigenvalue weighted by atomic mass is 79.9. The van der Waals surface area contributed by atoms with E-state index in [0.29, 0.717) is 6.54 Å². The number of para-hydroxylation sites is 2. The van der Waals surface area contributed by atoms with Crippen LogP contribution in [0, 0.1) is 0 Å². The molecule has 2 aromatic rings. The fourth-order valence-corrected chi connectivity index (χ4v) is 5.76. The predicted octanol–water partition coefficient (Wildman–Crippen LogP) is 4.81. The molecule has 2 aliphatic rings. The summed E-state index contributed by atoms with van der Waals surface area (Å²) >= 11 is 0. The second-order valence-corrected chi connectivity index (χ2v) is 10.7. The standard InChI is InChI=1S/C30H38N5.BrH/c1-29(2)23-15-8-10-17-25(23)34(5)27(29)19-14-20-28-30(3,4)24-16-9-11-18-26(24)35(28)22-13-7-6-12-21-32-33-31;/h8-11,14-20H,6-7,12-13,21-22H2,1-5H3;1H/q+1;/p-1. The SMILES string of the molecule is C[N+]1=C(C=CC=C2N(CCCCCCN=[N+]=[N-])c3ccccc3C2(C)C)C(C)(C)c2ccccc21.[Br-]. The molecular formula is C30H38BrN5. The number of nitrogens with zero attached hydrogens (tertiary/aromatic N) is 5. The quantitative estimate of drug-likeness (QED) is 0.146. The summed E-state index contributed by atoms with van der Waals surface area (Å²) in [6, 6.07) is 17.5. The third-order valence-corrected chi connectivity index (χ3v) is 7.70. The number of rotatable bonds is 9. The summed E-state index contributed by atoms with van der Waals surface area (Å²) in [5, 5.41) is 3.65. The highest BCUT2D eigenvalue weighted by molar-refractivity contribution is 6.03. The van der Waals surface area contributed by atoms with Crippen LogP contribution in [0.5, 0.6) is 0 Å². The van der Waals surface area contributed by atoms with Gasteiger partial charge in [0.15, 0.2) is 5.71 Å². The summed E-state index contributed by atoms with van der Waals surface area (Å²) in [4.78, 5) is 5.36. The van der Waals surface area contributed by atoms with E-state index in [1.165, 1.54) is 33.9 Å². The van der Waals surface area contributed by atoms with E-state index in [4.69, 9.17) is 5.53 Å². The summed E-state index contributed by atoms with van der Waals surface area (Å²) in [5.41, 5.74) is 16.4. The van der Waals surface area contributed by atoms with Crippen molar-refractivity contribution >= 4 is 17.1 Å². The molecule has 0 unspecified atom stereocenters. The zero-order valence-electron chi connectivity index (χ0n) is 22.2. The van der Waals surface area contributed by atoms with E-state index >= 15 is 0 Å². The average Bonchev–Trinajstić information content (AvgIpc) is 3.18. The summed E-state index contributed by atoms with van der Waals surface area (Å²) in [7, 11) is 2.17. The van der Waals surface area contributed by atoms with Crippen molar-refractivity contribution in [1.82, 2.24) is 0 Å². The van der Waals surface area contributed by atoms with Gasteiger partial charge in [-0.3, -0.25) is 0 Å². The van der Waals surface area contributed by atoms with Gasteiger partial charge in [-0.15, -0.1) is 0 Å². The molecule has 2 heterocycles. The van der Waals surface area contributed by atoms with Crippen LogP contribution >= 0.6 is 0 Å². The number of azide groups is 1. The molecular weight excluding hydrogens is 510 g/mol. The Morgan fingerprint density at radius 2 is 1.58 bits per heavy atom. The molecule has 0 atom stereocenters. The third-order valence-electron chi connectivity index (χ3n) is 7.70. The van der Waals surface area contributed by atoms with Crippen LogP contribution in [0.25, 0.3) is 10.4 Å². The molecule has 0 spiro atoms. The van der Waals surface area contributed by atoms with Crippen molar-refractivity contribution in [2.45, 2.75) is 64.2 Å². The number of halogens is 1. The summed E-state index contributed by atoms with van der Waals surface area (Å²) in [5.74, 6) is 0. The van der Waals surface area contributed by atoms with Crippen molar-refractivity contribution in [3.8, 4) is 0 Å². The molecule has 0 saturated carbocycles. The van der Waals surface area contributed by atoms with Crippen LogP contribution in [-0.2, 0) is 10.8 Å². The molecule has 190 valence electrons. The fraction of sp³-hybridized carbons (Fsp3) is 0.433. The average molecular weight is 549 g/mol. The second kappa shape index (κ2) is 11.5. The van der Waals surface area contributed by atoms with E-state index in [0.717, 1.165) is 32.2 Å². The number of fused-ring (bicyclic) bond motifs is 2. The van der Waals surface area contributed by atoms with Gasteiger partial charge in [0.25, 0.3) is 0 Å². The highest BCUT2D eigenvalue weighted by Crippen LogP contribution is 2.47. The maximum Gasteiger partial charge on any atom is 0.209 e. The van der Waals surface area contributed by atoms with Gasteiger partial charge in [0.05, 0.1) is 5.41 Å². The first-order valence-corrected chi connectivity index (χ1v) is 12.8. The highest BCUT2D eigenvalue weighted by Gasteiger charge is 2.43. The lowest BCUT2D eigenvalue weighted by Crippen LogP contribution is -3.00. The number of allylic oxidation sites excluding steroid dienone is 4. The van der Waals surface area contributed by atoms with E-state index < -0.39 is 0 Å². The van der Waals surface area contributed by atoms with Gasteiger partial charge in [0, 0.05) is 52.5 Å². The second-order valence-electron chi connectivity index (χ2n) is 10.7. The zero-order valence-corrected chi connectivity index (χ0v) is 23.8. The molecule has 0 aliphatic carbocycles. The molecule has 0 fully saturated rings. The molecule has 0 bridgehead atoms. The molecule has 36 heavy (non-hydrogen) atoms. The topological polar surface area (TPSA) is 55.0 Å². The summed E-state index contributed by atoms with van der Waals surface area (Å²) < 4.78 is 2.33. The van der Waals surface area contributed by atoms with Gasteiger partial charge in [-0.05, 0) is 49.9 Å². The zero-order chi connectivity index (χ0) is 25.1.